The number of pyridine rings is 1. The predicted molar refractivity (Wildman–Crippen MR) is 117 cm³/mol. The molecule has 3 rings (SSSR count). The Kier molecular flexibility index (Phi) is 10.2. The van der Waals surface area contributed by atoms with Gasteiger partial charge in [-0.2, -0.15) is 4.89 Å². The van der Waals surface area contributed by atoms with E-state index in [9.17, 15) is 0 Å². The van der Waals surface area contributed by atoms with Gasteiger partial charge < -0.3 is 4.90 Å². The van der Waals surface area contributed by atoms with Crippen molar-refractivity contribution in [2.24, 2.45) is 0 Å². The quantitative estimate of drug-likeness (QED) is 0.299. The van der Waals surface area contributed by atoms with E-state index in [1.807, 2.05) is 12.3 Å². The number of hydrogen-bond acceptors (Lipinski definition) is 6. The molecular weight excluding hydrogens is 380 g/mol. The van der Waals surface area contributed by atoms with Crippen molar-refractivity contribution < 1.29 is 20.2 Å². The van der Waals surface area contributed by atoms with Gasteiger partial charge in [0, 0.05) is 24.4 Å². The summed E-state index contributed by atoms with van der Waals surface area (Å²) in [5.74, 6) is 5.38. The molecule has 1 aromatic carbocycles. The molecule has 1 N–H and O–H groups in total. The Morgan fingerprint density at radius 1 is 1.17 bits per heavy atom. The molecule has 0 spiro atoms. The molecule has 0 saturated carbocycles. The van der Waals surface area contributed by atoms with Crippen LogP contribution in [0, 0.1) is 11.8 Å². The SMILES string of the molecule is CC#CCOOOO.C[C@H](C1=C(CCN(C)C)Cc2ccccc21)c1ccccn1. The summed E-state index contributed by atoms with van der Waals surface area (Å²) < 4.78 is 0. The lowest BCUT2D eigenvalue weighted by Crippen LogP contribution is -2.14. The minimum Gasteiger partial charge on any atom is -0.309 e. The Balaban J connectivity index is 0.000000343. The number of benzene rings is 1. The molecule has 0 fully saturated rings. The minimum atomic E-state index is 0.0804. The topological polar surface area (TPSA) is 64.1 Å². The Hall–Kier alpha value is -2.53. The molecule has 30 heavy (non-hydrogen) atoms. The summed E-state index contributed by atoms with van der Waals surface area (Å²) in [6, 6.07) is 15.0. The number of fused-ring (bicyclic) bond motifs is 1. The summed E-state index contributed by atoms with van der Waals surface area (Å²) in [5, 5.41) is 14.2. The Morgan fingerprint density at radius 3 is 2.60 bits per heavy atom. The fourth-order valence-electron chi connectivity index (χ4n) is 3.50. The second-order valence-corrected chi connectivity index (χ2v) is 7.21. The fourth-order valence-corrected chi connectivity index (χ4v) is 3.50. The van der Waals surface area contributed by atoms with E-state index in [4.69, 9.17) is 5.26 Å². The summed E-state index contributed by atoms with van der Waals surface area (Å²) >= 11 is 0. The number of hydrogen-bond donors (Lipinski definition) is 1. The minimum absolute atomic E-state index is 0.0804. The second kappa shape index (κ2) is 12.9. The summed E-state index contributed by atoms with van der Waals surface area (Å²) in [7, 11) is 4.29. The van der Waals surface area contributed by atoms with Crippen LogP contribution in [-0.4, -0.2) is 42.4 Å². The van der Waals surface area contributed by atoms with Crippen LogP contribution in [0.2, 0.25) is 0 Å². The third-order valence-corrected chi connectivity index (χ3v) is 4.90. The number of allylic oxidation sites excluding steroid dienone is 1. The van der Waals surface area contributed by atoms with Gasteiger partial charge in [0.05, 0.1) is 0 Å². The van der Waals surface area contributed by atoms with Crippen LogP contribution in [0.1, 0.15) is 43.0 Å². The van der Waals surface area contributed by atoms with Crippen LogP contribution in [0.15, 0.2) is 54.2 Å². The molecule has 1 heterocycles. The van der Waals surface area contributed by atoms with E-state index in [1.54, 1.807) is 12.5 Å². The van der Waals surface area contributed by atoms with E-state index >= 15 is 0 Å². The summed E-state index contributed by atoms with van der Waals surface area (Å²) in [6.07, 6.45) is 4.12. The standard InChI is InChI=1S/C20H24N2.C4H6O4/c1-15(19-10-6-7-12-21-19)20-17(11-13-22(2)3)14-16-8-4-5-9-18(16)20;1-2-3-4-6-8-7-5/h4-10,12,15H,11,13-14H2,1-3H3;5H,4H2,1H3/t15-;/m0./s1. The van der Waals surface area contributed by atoms with E-state index in [0.29, 0.717) is 5.92 Å². The van der Waals surface area contributed by atoms with Crippen LogP contribution in [0.3, 0.4) is 0 Å². The highest BCUT2D eigenvalue weighted by Crippen LogP contribution is 2.42. The first kappa shape index (κ1) is 23.7. The third-order valence-electron chi connectivity index (χ3n) is 4.90. The van der Waals surface area contributed by atoms with Gasteiger partial charge in [-0.3, -0.25) is 4.98 Å². The van der Waals surface area contributed by atoms with E-state index in [-0.39, 0.29) is 6.61 Å². The summed E-state index contributed by atoms with van der Waals surface area (Å²) in [5.41, 5.74) is 7.13. The molecule has 6 heteroatoms. The van der Waals surface area contributed by atoms with Gasteiger partial charge >= 0.3 is 0 Å². The van der Waals surface area contributed by atoms with Crippen molar-refractivity contribution in [3.63, 3.8) is 0 Å². The first-order chi connectivity index (χ1) is 14.6. The molecular formula is C24H30N2O4. The van der Waals surface area contributed by atoms with Crippen LogP contribution in [0.4, 0.5) is 0 Å². The molecule has 0 amide bonds. The molecule has 1 aromatic heterocycles. The van der Waals surface area contributed by atoms with Crippen LogP contribution in [0.5, 0.6) is 0 Å². The van der Waals surface area contributed by atoms with Gasteiger partial charge in [-0.15, -0.1) is 5.92 Å². The Labute approximate surface area is 178 Å². The van der Waals surface area contributed by atoms with Crippen molar-refractivity contribution in [2.75, 3.05) is 27.2 Å². The highest BCUT2D eigenvalue weighted by atomic mass is 17.6. The maximum Gasteiger partial charge on any atom is 0.146 e. The molecule has 1 aliphatic rings. The predicted octanol–water partition coefficient (Wildman–Crippen LogP) is 4.51. The average Bonchev–Trinajstić information content (AvgIpc) is 3.14. The third kappa shape index (κ3) is 7.06. The zero-order valence-corrected chi connectivity index (χ0v) is 18.1. The van der Waals surface area contributed by atoms with Gasteiger partial charge in [0.1, 0.15) is 6.61 Å². The van der Waals surface area contributed by atoms with E-state index in [2.05, 4.69) is 94.1 Å². The highest BCUT2D eigenvalue weighted by Gasteiger charge is 2.26. The van der Waals surface area contributed by atoms with Crippen molar-refractivity contribution in [1.82, 2.24) is 9.88 Å². The number of aromatic nitrogens is 1. The van der Waals surface area contributed by atoms with Gasteiger partial charge in [0.15, 0.2) is 0 Å². The van der Waals surface area contributed by atoms with E-state index in [0.717, 1.165) is 25.1 Å². The van der Waals surface area contributed by atoms with Gasteiger partial charge in [-0.1, -0.05) is 48.7 Å². The van der Waals surface area contributed by atoms with Crippen LogP contribution in [0.25, 0.3) is 5.57 Å². The van der Waals surface area contributed by atoms with Crippen LogP contribution < -0.4 is 0 Å². The second-order valence-electron chi connectivity index (χ2n) is 7.21. The molecule has 0 radical (unpaired) electrons. The Bertz CT molecular complexity index is 870. The molecule has 0 unspecified atom stereocenters. The van der Waals surface area contributed by atoms with Crippen molar-refractivity contribution in [1.29, 1.82) is 0 Å². The maximum absolute atomic E-state index is 7.47. The normalized spacial score (nSPS) is 13.3. The smallest absolute Gasteiger partial charge is 0.146 e. The van der Waals surface area contributed by atoms with Gasteiger partial charge in [0.25, 0.3) is 0 Å². The highest BCUT2D eigenvalue weighted by molar-refractivity contribution is 5.80. The van der Waals surface area contributed by atoms with Crippen molar-refractivity contribution in [3.8, 4) is 11.8 Å². The fraction of sp³-hybridized carbons (Fsp3) is 0.375. The lowest BCUT2D eigenvalue weighted by molar-refractivity contribution is -0.620. The van der Waals surface area contributed by atoms with Crippen molar-refractivity contribution in [3.05, 3.63) is 71.1 Å². The summed E-state index contributed by atoms with van der Waals surface area (Å²) in [6.45, 7) is 5.12. The van der Waals surface area contributed by atoms with Gasteiger partial charge in [-0.25, -0.2) is 5.26 Å². The lowest BCUT2D eigenvalue weighted by Gasteiger charge is -2.18. The molecule has 6 nitrogen and oxygen atoms in total. The first-order valence-electron chi connectivity index (χ1n) is 9.93. The molecule has 160 valence electrons. The molecule has 0 saturated heterocycles. The summed E-state index contributed by atoms with van der Waals surface area (Å²) in [4.78, 5) is 10.9. The first-order valence-corrected chi connectivity index (χ1v) is 9.93. The zero-order valence-electron chi connectivity index (χ0n) is 18.1. The molecule has 1 aliphatic carbocycles. The van der Waals surface area contributed by atoms with Crippen molar-refractivity contribution >= 4 is 5.57 Å². The maximum atomic E-state index is 7.47. The number of rotatable bonds is 8. The zero-order chi connectivity index (χ0) is 21.8. The Morgan fingerprint density at radius 2 is 1.93 bits per heavy atom. The average molecular weight is 411 g/mol. The van der Waals surface area contributed by atoms with E-state index in [1.165, 1.54) is 16.7 Å². The molecule has 1 atom stereocenters. The molecule has 2 aromatic rings. The largest absolute Gasteiger partial charge is 0.309 e. The molecule has 0 bridgehead atoms. The van der Waals surface area contributed by atoms with Gasteiger partial charge in [0.2, 0.25) is 0 Å². The van der Waals surface area contributed by atoms with Crippen LogP contribution >= 0.6 is 0 Å². The molecule has 0 aliphatic heterocycles. The lowest BCUT2D eigenvalue weighted by atomic mass is 9.89. The van der Waals surface area contributed by atoms with Gasteiger partial charge in [-0.05, 0) is 72.8 Å². The van der Waals surface area contributed by atoms with Crippen molar-refractivity contribution in [2.45, 2.75) is 32.6 Å². The monoisotopic (exact) mass is 410 g/mol. The van der Waals surface area contributed by atoms with E-state index < -0.39 is 0 Å². The number of nitrogens with zero attached hydrogens (tertiary/aromatic N) is 2. The van der Waals surface area contributed by atoms with Crippen LogP contribution in [-0.2, 0) is 21.4 Å².